The highest BCUT2D eigenvalue weighted by atomic mass is 32.1. The van der Waals surface area contributed by atoms with Crippen molar-refractivity contribution < 1.29 is 14.0 Å². The van der Waals surface area contributed by atoms with Gasteiger partial charge in [0, 0.05) is 23.7 Å². The van der Waals surface area contributed by atoms with Crippen molar-refractivity contribution in [2.75, 3.05) is 23.7 Å². The van der Waals surface area contributed by atoms with Crippen molar-refractivity contribution in [2.45, 2.75) is 6.54 Å². The SMILES string of the molecule is C=CCN(CC(=O)Nc1ccccc1C(=O)Nc1ccc(F)cc1)Cc1cccs1. The fourth-order valence-corrected chi connectivity index (χ4v) is 3.65. The summed E-state index contributed by atoms with van der Waals surface area (Å²) in [5, 5.41) is 7.53. The highest BCUT2D eigenvalue weighted by molar-refractivity contribution is 7.09. The highest BCUT2D eigenvalue weighted by Crippen LogP contribution is 2.18. The zero-order chi connectivity index (χ0) is 21.3. The van der Waals surface area contributed by atoms with Crippen LogP contribution in [0.3, 0.4) is 0 Å². The first kappa shape index (κ1) is 21.4. The van der Waals surface area contributed by atoms with E-state index < -0.39 is 0 Å². The Hall–Kier alpha value is -3.29. The second-order valence-corrected chi connectivity index (χ2v) is 7.62. The molecule has 0 aliphatic heterocycles. The first-order valence-electron chi connectivity index (χ1n) is 9.36. The molecule has 0 aliphatic rings. The molecule has 5 nitrogen and oxygen atoms in total. The first-order chi connectivity index (χ1) is 14.5. The molecule has 154 valence electrons. The Morgan fingerprint density at radius 3 is 2.50 bits per heavy atom. The number of para-hydroxylation sites is 1. The second-order valence-electron chi connectivity index (χ2n) is 6.59. The van der Waals surface area contributed by atoms with Crippen LogP contribution in [0, 0.1) is 5.82 Å². The van der Waals surface area contributed by atoms with Gasteiger partial charge in [0.1, 0.15) is 5.82 Å². The highest BCUT2D eigenvalue weighted by Gasteiger charge is 2.16. The van der Waals surface area contributed by atoms with Crippen LogP contribution >= 0.6 is 11.3 Å². The Morgan fingerprint density at radius 1 is 1.03 bits per heavy atom. The minimum Gasteiger partial charge on any atom is -0.324 e. The Morgan fingerprint density at radius 2 is 1.80 bits per heavy atom. The second kappa shape index (κ2) is 10.5. The molecule has 3 rings (SSSR count). The summed E-state index contributed by atoms with van der Waals surface area (Å²) in [6.45, 7) is 5.13. The number of carbonyl (C=O) groups excluding carboxylic acids is 2. The Kier molecular flexibility index (Phi) is 7.48. The van der Waals surface area contributed by atoms with Gasteiger partial charge in [-0.2, -0.15) is 0 Å². The number of anilines is 2. The van der Waals surface area contributed by atoms with Gasteiger partial charge >= 0.3 is 0 Å². The van der Waals surface area contributed by atoms with Gasteiger partial charge in [-0.15, -0.1) is 17.9 Å². The molecule has 0 saturated heterocycles. The number of halogens is 1. The van der Waals surface area contributed by atoms with Crippen molar-refractivity contribution in [1.29, 1.82) is 0 Å². The van der Waals surface area contributed by atoms with Crippen molar-refractivity contribution in [1.82, 2.24) is 4.90 Å². The van der Waals surface area contributed by atoms with E-state index in [4.69, 9.17) is 0 Å². The van der Waals surface area contributed by atoms with Crippen molar-refractivity contribution in [3.63, 3.8) is 0 Å². The van der Waals surface area contributed by atoms with Crippen molar-refractivity contribution in [2.24, 2.45) is 0 Å². The third-order valence-corrected chi connectivity index (χ3v) is 5.12. The van der Waals surface area contributed by atoms with E-state index in [0.717, 1.165) is 4.88 Å². The number of carbonyl (C=O) groups is 2. The van der Waals surface area contributed by atoms with E-state index in [-0.39, 0.29) is 24.2 Å². The molecular formula is C23H22FN3O2S. The van der Waals surface area contributed by atoms with Gasteiger partial charge in [0.15, 0.2) is 0 Å². The Balaban J connectivity index is 1.66. The van der Waals surface area contributed by atoms with Crippen molar-refractivity contribution >= 4 is 34.5 Å². The van der Waals surface area contributed by atoms with E-state index in [1.807, 2.05) is 22.4 Å². The summed E-state index contributed by atoms with van der Waals surface area (Å²) >= 11 is 1.63. The predicted molar refractivity (Wildman–Crippen MR) is 119 cm³/mol. The lowest BCUT2D eigenvalue weighted by atomic mass is 10.1. The predicted octanol–water partition coefficient (Wildman–Crippen LogP) is 4.77. The van der Waals surface area contributed by atoms with Gasteiger partial charge in [0.05, 0.1) is 17.8 Å². The minimum absolute atomic E-state index is 0.165. The largest absolute Gasteiger partial charge is 0.324 e. The normalized spacial score (nSPS) is 10.6. The van der Waals surface area contributed by atoms with E-state index in [9.17, 15) is 14.0 Å². The van der Waals surface area contributed by atoms with E-state index in [2.05, 4.69) is 17.2 Å². The molecule has 0 saturated carbocycles. The molecular weight excluding hydrogens is 401 g/mol. The Bertz CT molecular complexity index is 1000. The zero-order valence-corrected chi connectivity index (χ0v) is 17.1. The molecule has 0 bridgehead atoms. The number of benzene rings is 2. The smallest absolute Gasteiger partial charge is 0.257 e. The van der Waals surface area contributed by atoms with Gasteiger partial charge in [0.2, 0.25) is 5.91 Å². The molecule has 30 heavy (non-hydrogen) atoms. The quantitative estimate of drug-likeness (QED) is 0.488. The summed E-state index contributed by atoms with van der Waals surface area (Å²) < 4.78 is 13.1. The van der Waals surface area contributed by atoms with E-state index in [1.54, 1.807) is 41.7 Å². The molecule has 0 fully saturated rings. The summed E-state index contributed by atoms with van der Waals surface area (Å²) in [5.41, 5.74) is 1.20. The third kappa shape index (κ3) is 6.10. The molecule has 2 amide bonds. The van der Waals surface area contributed by atoms with Crippen LogP contribution in [0.1, 0.15) is 15.2 Å². The summed E-state index contributed by atoms with van der Waals surface area (Å²) in [6.07, 6.45) is 1.75. The minimum atomic E-state index is -0.390. The molecule has 0 atom stereocenters. The van der Waals surface area contributed by atoms with Crippen LogP contribution in [0.2, 0.25) is 0 Å². The van der Waals surface area contributed by atoms with Crippen LogP contribution in [0.4, 0.5) is 15.8 Å². The lowest BCUT2D eigenvalue weighted by Crippen LogP contribution is -2.33. The average Bonchev–Trinajstić information content (AvgIpc) is 3.23. The number of nitrogens with zero attached hydrogens (tertiary/aromatic N) is 1. The number of amides is 2. The van der Waals surface area contributed by atoms with Gasteiger partial charge in [-0.05, 0) is 47.8 Å². The van der Waals surface area contributed by atoms with E-state index in [1.165, 1.54) is 24.3 Å². The van der Waals surface area contributed by atoms with Crippen LogP contribution in [-0.2, 0) is 11.3 Å². The van der Waals surface area contributed by atoms with Crippen LogP contribution in [0.5, 0.6) is 0 Å². The van der Waals surface area contributed by atoms with Crippen LogP contribution < -0.4 is 10.6 Å². The summed E-state index contributed by atoms with van der Waals surface area (Å²) in [6, 6.07) is 16.3. The fourth-order valence-electron chi connectivity index (χ4n) is 2.91. The molecule has 1 heterocycles. The van der Waals surface area contributed by atoms with Gasteiger partial charge in [0.25, 0.3) is 5.91 Å². The van der Waals surface area contributed by atoms with E-state index >= 15 is 0 Å². The molecule has 0 aliphatic carbocycles. The number of thiophene rings is 1. The number of nitrogens with one attached hydrogen (secondary N) is 2. The maximum Gasteiger partial charge on any atom is 0.257 e. The summed E-state index contributed by atoms with van der Waals surface area (Å²) in [4.78, 5) is 28.4. The van der Waals surface area contributed by atoms with Gasteiger partial charge in [-0.3, -0.25) is 14.5 Å². The topological polar surface area (TPSA) is 61.4 Å². The Labute approximate surface area is 178 Å². The third-order valence-electron chi connectivity index (χ3n) is 4.26. The van der Waals surface area contributed by atoms with Gasteiger partial charge in [-0.1, -0.05) is 24.3 Å². The number of hydrogen-bond donors (Lipinski definition) is 2. The molecule has 0 radical (unpaired) electrons. The first-order valence-corrected chi connectivity index (χ1v) is 10.2. The molecule has 2 N–H and O–H groups in total. The maximum atomic E-state index is 13.1. The zero-order valence-electron chi connectivity index (χ0n) is 16.3. The molecule has 0 unspecified atom stereocenters. The fraction of sp³-hybridized carbons (Fsp3) is 0.130. The van der Waals surface area contributed by atoms with Crippen LogP contribution in [-0.4, -0.2) is 29.8 Å². The van der Waals surface area contributed by atoms with Crippen LogP contribution in [0.15, 0.2) is 78.7 Å². The standard InChI is InChI=1S/C23H22FN3O2S/c1-2-13-27(15-19-6-5-14-30-19)16-22(28)26-21-8-4-3-7-20(21)23(29)25-18-11-9-17(24)10-12-18/h2-12,14H,1,13,15-16H2,(H,25,29)(H,26,28). The monoisotopic (exact) mass is 423 g/mol. The summed E-state index contributed by atoms with van der Waals surface area (Å²) in [7, 11) is 0. The van der Waals surface area contributed by atoms with Gasteiger partial charge < -0.3 is 10.6 Å². The molecule has 1 aromatic heterocycles. The van der Waals surface area contributed by atoms with Crippen molar-refractivity contribution in [3.05, 3.63) is 95.0 Å². The maximum absolute atomic E-state index is 13.1. The van der Waals surface area contributed by atoms with Crippen LogP contribution in [0.25, 0.3) is 0 Å². The summed E-state index contributed by atoms with van der Waals surface area (Å²) in [5.74, 6) is -0.998. The molecule has 7 heteroatoms. The molecule has 2 aromatic carbocycles. The number of rotatable bonds is 9. The van der Waals surface area contributed by atoms with E-state index in [0.29, 0.717) is 30.0 Å². The average molecular weight is 424 g/mol. The molecule has 0 spiro atoms. The number of hydrogen-bond acceptors (Lipinski definition) is 4. The van der Waals surface area contributed by atoms with Gasteiger partial charge in [-0.25, -0.2) is 4.39 Å². The lowest BCUT2D eigenvalue weighted by molar-refractivity contribution is -0.117. The van der Waals surface area contributed by atoms with Crippen molar-refractivity contribution in [3.8, 4) is 0 Å². The molecule has 3 aromatic rings. The lowest BCUT2D eigenvalue weighted by Gasteiger charge is -2.20.